The summed E-state index contributed by atoms with van der Waals surface area (Å²) in [5.74, 6) is 0. The molecule has 2 aromatic carbocycles. The van der Waals surface area contributed by atoms with E-state index in [4.69, 9.17) is 4.74 Å². The number of hydrogen-bond donors (Lipinski definition) is 2. The van der Waals surface area contributed by atoms with E-state index in [1.54, 1.807) is 0 Å². The van der Waals surface area contributed by atoms with Gasteiger partial charge in [0.25, 0.3) is 0 Å². The van der Waals surface area contributed by atoms with Crippen molar-refractivity contribution in [3.8, 4) is 11.1 Å². The number of carbonyl (C=O) groups excluding carboxylic acids is 1. The maximum atomic E-state index is 12.1. The summed E-state index contributed by atoms with van der Waals surface area (Å²) in [6.45, 7) is 1.62. The molecule has 2 N–H and O–H groups in total. The number of rotatable bonds is 2. The zero-order valence-corrected chi connectivity index (χ0v) is 11.5. The van der Waals surface area contributed by atoms with Crippen molar-refractivity contribution in [2.24, 2.45) is 0 Å². The van der Waals surface area contributed by atoms with Gasteiger partial charge in [0.1, 0.15) is 0 Å². The minimum Gasteiger partial charge on any atom is -0.436 e. The third kappa shape index (κ3) is 2.08. The topological polar surface area (TPSA) is 50.4 Å². The van der Waals surface area contributed by atoms with Gasteiger partial charge in [0.05, 0.1) is 6.04 Å². The van der Waals surface area contributed by atoms with Crippen LogP contribution in [-0.4, -0.2) is 25.2 Å². The summed E-state index contributed by atoms with van der Waals surface area (Å²) in [4.78, 5) is 12.1. The van der Waals surface area contributed by atoms with Gasteiger partial charge in [-0.25, -0.2) is 4.79 Å². The number of ether oxygens (including phenoxy) is 1. The molecule has 4 heteroatoms. The number of nitrogens with one attached hydrogen (secondary N) is 2. The molecule has 0 atom stereocenters. The average Bonchev–Trinajstić information content (AvgIpc) is 2.78. The minimum absolute atomic E-state index is 0.185. The second-order valence-electron chi connectivity index (χ2n) is 5.46. The van der Waals surface area contributed by atoms with E-state index in [-0.39, 0.29) is 18.2 Å². The first-order chi connectivity index (χ1) is 10.3. The second kappa shape index (κ2) is 4.90. The molecule has 1 fully saturated rings. The molecule has 4 nitrogen and oxygen atoms in total. The van der Waals surface area contributed by atoms with Crippen LogP contribution in [0.1, 0.15) is 17.2 Å². The molecule has 0 spiro atoms. The Morgan fingerprint density at radius 2 is 1.57 bits per heavy atom. The summed E-state index contributed by atoms with van der Waals surface area (Å²) in [7, 11) is 0. The highest BCUT2D eigenvalue weighted by atomic mass is 16.6. The molecule has 0 saturated carbocycles. The van der Waals surface area contributed by atoms with Crippen molar-refractivity contribution in [1.29, 1.82) is 0 Å². The molecule has 1 heterocycles. The number of carbonyl (C=O) groups is 1. The smallest absolute Gasteiger partial charge is 0.408 e. The minimum atomic E-state index is -0.349. The van der Waals surface area contributed by atoms with E-state index in [0.717, 1.165) is 35.3 Å². The lowest BCUT2D eigenvalue weighted by molar-refractivity contribution is 0.112. The van der Waals surface area contributed by atoms with Gasteiger partial charge in [-0.1, -0.05) is 48.5 Å². The quantitative estimate of drug-likeness (QED) is 0.888. The molecule has 21 heavy (non-hydrogen) atoms. The normalized spacial score (nSPS) is 16.8. The average molecular weight is 280 g/mol. The van der Waals surface area contributed by atoms with Gasteiger partial charge in [0.2, 0.25) is 0 Å². The highest BCUT2D eigenvalue weighted by Crippen LogP contribution is 2.44. The zero-order valence-electron chi connectivity index (χ0n) is 11.5. The Bertz CT molecular complexity index is 649. The highest BCUT2D eigenvalue weighted by molar-refractivity contribution is 5.79. The van der Waals surface area contributed by atoms with Gasteiger partial charge < -0.3 is 15.4 Å². The van der Waals surface area contributed by atoms with Crippen molar-refractivity contribution in [1.82, 2.24) is 10.6 Å². The third-order valence-corrected chi connectivity index (χ3v) is 4.11. The Labute approximate surface area is 123 Å². The second-order valence-corrected chi connectivity index (χ2v) is 5.46. The lowest BCUT2D eigenvalue weighted by atomic mass is 10.1. The van der Waals surface area contributed by atoms with Crippen LogP contribution in [0, 0.1) is 0 Å². The number of amides is 1. The fourth-order valence-electron chi connectivity index (χ4n) is 2.93. The number of fused-ring (bicyclic) bond motifs is 3. The molecular weight excluding hydrogens is 264 g/mol. The van der Waals surface area contributed by atoms with Crippen LogP contribution in [0.5, 0.6) is 0 Å². The molecule has 0 aromatic heterocycles. The first-order valence-electron chi connectivity index (χ1n) is 7.19. The van der Waals surface area contributed by atoms with Gasteiger partial charge in [0.15, 0.2) is 6.10 Å². The fraction of sp³-hybridized carbons (Fsp3) is 0.235. The van der Waals surface area contributed by atoms with Gasteiger partial charge >= 0.3 is 6.09 Å². The van der Waals surface area contributed by atoms with Crippen LogP contribution < -0.4 is 10.6 Å². The summed E-state index contributed by atoms with van der Waals surface area (Å²) < 4.78 is 5.69. The lowest BCUT2D eigenvalue weighted by Crippen LogP contribution is -2.57. The molecule has 1 aliphatic carbocycles. The molecular formula is C17H16N2O2. The molecule has 0 unspecified atom stereocenters. The number of alkyl carbamates (subject to hydrolysis) is 1. The van der Waals surface area contributed by atoms with Crippen LogP contribution >= 0.6 is 0 Å². The van der Waals surface area contributed by atoms with Crippen LogP contribution in [0.4, 0.5) is 4.79 Å². The van der Waals surface area contributed by atoms with Crippen LogP contribution in [-0.2, 0) is 4.74 Å². The first-order valence-corrected chi connectivity index (χ1v) is 7.19. The van der Waals surface area contributed by atoms with Crippen molar-refractivity contribution < 1.29 is 9.53 Å². The van der Waals surface area contributed by atoms with Gasteiger partial charge in [-0.15, -0.1) is 0 Å². The predicted octanol–water partition coefficient (Wildman–Crippen LogP) is 2.45. The van der Waals surface area contributed by atoms with Crippen LogP contribution in [0.15, 0.2) is 48.5 Å². The Kier molecular flexibility index (Phi) is 2.89. The van der Waals surface area contributed by atoms with Gasteiger partial charge in [-0.2, -0.15) is 0 Å². The van der Waals surface area contributed by atoms with Gasteiger partial charge in [-0.05, 0) is 11.1 Å². The summed E-state index contributed by atoms with van der Waals surface area (Å²) >= 11 is 0. The lowest BCUT2D eigenvalue weighted by Gasteiger charge is -2.28. The number of hydrogen-bond acceptors (Lipinski definition) is 3. The first kappa shape index (κ1) is 12.4. The summed E-state index contributed by atoms with van der Waals surface area (Å²) in [5.41, 5.74) is 4.41. The van der Waals surface area contributed by atoms with E-state index in [1.807, 2.05) is 36.4 Å². The molecule has 0 radical (unpaired) electrons. The van der Waals surface area contributed by atoms with Crippen molar-refractivity contribution in [2.45, 2.75) is 12.1 Å². The monoisotopic (exact) mass is 280 g/mol. The molecule has 4 rings (SSSR count). The summed E-state index contributed by atoms with van der Waals surface area (Å²) in [5, 5.41) is 6.00. The van der Waals surface area contributed by atoms with Gasteiger partial charge in [-0.3, -0.25) is 0 Å². The molecule has 106 valence electrons. The summed E-state index contributed by atoms with van der Waals surface area (Å²) in [6, 6.07) is 16.4. The van der Waals surface area contributed by atoms with E-state index in [0.29, 0.717) is 0 Å². The highest BCUT2D eigenvalue weighted by Gasteiger charge is 2.31. The largest absolute Gasteiger partial charge is 0.436 e. The Balaban J connectivity index is 1.63. The number of benzene rings is 2. The van der Waals surface area contributed by atoms with E-state index >= 15 is 0 Å². The van der Waals surface area contributed by atoms with E-state index in [9.17, 15) is 4.79 Å². The van der Waals surface area contributed by atoms with E-state index in [1.165, 1.54) is 0 Å². The Hall–Kier alpha value is -2.33. The maximum absolute atomic E-state index is 12.1. The van der Waals surface area contributed by atoms with Crippen molar-refractivity contribution in [3.63, 3.8) is 0 Å². The van der Waals surface area contributed by atoms with Crippen molar-refractivity contribution >= 4 is 6.09 Å². The van der Waals surface area contributed by atoms with Crippen molar-refractivity contribution in [2.75, 3.05) is 13.1 Å². The van der Waals surface area contributed by atoms with E-state index < -0.39 is 0 Å². The van der Waals surface area contributed by atoms with Crippen molar-refractivity contribution in [3.05, 3.63) is 59.7 Å². The molecule has 2 aliphatic rings. The molecule has 1 aliphatic heterocycles. The standard InChI is InChI=1S/C17H16N2O2/c20-17(19-11-9-18-10-11)21-16-14-7-3-1-5-12(14)13-6-2-4-8-15(13)16/h1-8,11,16,18H,9-10H2,(H,19,20). The molecule has 1 saturated heterocycles. The molecule has 2 aromatic rings. The van der Waals surface area contributed by atoms with Crippen LogP contribution in [0.3, 0.4) is 0 Å². The zero-order chi connectivity index (χ0) is 14.2. The van der Waals surface area contributed by atoms with Crippen LogP contribution in [0.25, 0.3) is 11.1 Å². The fourth-order valence-corrected chi connectivity index (χ4v) is 2.93. The Morgan fingerprint density at radius 3 is 2.10 bits per heavy atom. The van der Waals surface area contributed by atoms with E-state index in [2.05, 4.69) is 22.8 Å². The maximum Gasteiger partial charge on any atom is 0.408 e. The van der Waals surface area contributed by atoms with Gasteiger partial charge in [0, 0.05) is 24.2 Å². The summed E-state index contributed by atoms with van der Waals surface area (Å²) in [6.07, 6.45) is -0.663. The molecule has 0 bridgehead atoms. The predicted molar refractivity (Wildman–Crippen MR) is 80.0 cm³/mol. The SMILES string of the molecule is O=C(NC1CNC1)OC1c2ccccc2-c2ccccc21. The van der Waals surface area contributed by atoms with Crippen LogP contribution in [0.2, 0.25) is 0 Å². The Morgan fingerprint density at radius 1 is 1.00 bits per heavy atom. The third-order valence-electron chi connectivity index (χ3n) is 4.11. The molecule has 1 amide bonds.